The number of rotatable bonds is 5. The van der Waals surface area contributed by atoms with E-state index >= 15 is 0 Å². The smallest absolute Gasteiger partial charge is 0.264 e. The molecule has 2 aromatic carbocycles. The summed E-state index contributed by atoms with van der Waals surface area (Å²) in [6.45, 7) is -0.487. The van der Waals surface area contributed by atoms with Gasteiger partial charge in [0.2, 0.25) is 0 Å². The highest BCUT2D eigenvalue weighted by Gasteiger charge is 2.28. The molecule has 6 nitrogen and oxygen atoms in total. The molecular weight excluding hydrogens is 406 g/mol. The minimum absolute atomic E-state index is 0.0328. The molecule has 0 heterocycles. The number of nitrogens with two attached hydrogens (primary N) is 1. The van der Waals surface area contributed by atoms with Crippen LogP contribution in [0.2, 0.25) is 5.02 Å². The van der Waals surface area contributed by atoms with Gasteiger partial charge < -0.3 is 0 Å². The lowest BCUT2D eigenvalue weighted by atomic mass is 10.3. The van der Waals surface area contributed by atoms with Gasteiger partial charge in [0.1, 0.15) is 6.54 Å². The zero-order valence-corrected chi connectivity index (χ0v) is 14.9. The second-order valence-electron chi connectivity index (χ2n) is 4.48. The molecule has 0 radical (unpaired) electrons. The summed E-state index contributed by atoms with van der Waals surface area (Å²) in [5.74, 6) is 4.42. The molecule has 0 aromatic heterocycles. The van der Waals surface area contributed by atoms with Crippen molar-refractivity contribution in [3.05, 3.63) is 58.0 Å². The number of nitrogens with zero attached hydrogens (tertiary/aromatic N) is 1. The van der Waals surface area contributed by atoms with Crippen LogP contribution in [-0.4, -0.2) is 20.9 Å². The number of halogens is 2. The van der Waals surface area contributed by atoms with E-state index in [1.807, 2.05) is 5.43 Å². The van der Waals surface area contributed by atoms with Crippen molar-refractivity contribution in [1.29, 1.82) is 0 Å². The minimum atomic E-state index is -3.99. The molecule has 0 saturated carbocycles. The fourth-order valence-electron chi connectivity index (χ4n) is 1.86. The number of hydrogen-bond acceptors (Lipinski definition) is 4. The van der Waals surface area contributed by atoms with Crippen molar-refractivity contribution in [2.45, 2.75) is 4.90 Å². The lowest BCUT2D eigenvalue weighted by Crippen LogP contribution is -2.43. The quantitative estimate of drug-likeness (QED) is 0.443. The summed E-state index contributed by atoms with van der Waals surface area (Å²) in [5.41, 5.74) is 2.12. The zero-order chi connectivity index (χ0) is 17.0. The van der Waals surface area contributed by atoms with Gasteiger partial charge in [-0.15, -0.1) is 0 Å². The Kier molecular flexibility index (Phi) is 5.64. The second-order valence-corrected chi connectivity index (χ2v) is 7.67. The summed E-state index contributed by atoms with van der Waals surface area (Å²) >= 11 is 9.33. The van der Waals surface area contributed by atoms with Crippen LogP contribution < -0.4 is 15.6 Å². The molecule has 0 atom stereocenters. The molecule has 0 fully saturated rings. The molecule has 0 bridgehead atoms. The Morgan fingerprint density at radius 2 is 1.78 bits per heavy atom. The van der Waals surface area contributed by atoms with Crippen molar-refractivity contribution >= 4 is 49.1 Å². The number of benzene rings is 2. The average Bonchev–Trinajstić information content (AvgIpc) is 2.53. The monoisotopic (exact) mass is 417 g/mol. The summed E-state index contributed by atoms with van der Waals surface area (Å²) in [4.78, 5) is 11.7. The van der Waals surface area contributed by atoms with E-state index in [1.54, 1.807) is 30.3 Å². The Morgan fingerprint density at radius 3 is 2.35 bits per heavy atom. The second kappa shape index (κ2) is 7.31. The van der Waals surface area contributed by atoms with Gasteiger partial charge in [-0.25, -0.2) is 14.3 Å². The van der Waals surface area contributed by atoms with Crippen LogP contribution in [0.3, 0.4) is 0 Å². The first-order valence-electron chi connectivity index (χ1n) is 6.38. The third-order valence-electron chi connectivity index (χ3n) is 2.97. The van der Waals surface area contributed by atoms with Crippen molar-refractivity contribution in [2.75, 3.05) is 10.8 Å². The maximum absolute atomic E-state index is 12.9. The van der Waals surface area contributed by atoms with Gasteiger partial charge in [-0.1, -0.05) is 39.7 Å². The predicted molar refractivity (Wildman–Crippen MR) is 92.5 cm³/mol. The van der Waals surface area contributed by atoms with Crippen LogP contribution in [0.1, 0.15) is 0 Å². The maximum Gasteiger partial charge on any atom is 0.264 e. The third kappa shape index (κ3) is 4.03. The molecule has 0 aliphatic carbocycles. The molecule has 0 aliphatic heterocycles. The SMILES string of the molecule is NNC(=O)CN(c1ccccc1Cl)S(=O)(=O)c1ccc(Br)cc1. The molecule has 2 rings (SSSR count). The maximum atomic E-state index is 12.9. The highest BCUT2D eigenvalue weighted by molar-refractivity contribution is 9.10. The van der Waals surface area contributed by atoms with E-state index < -0.39 is 22.5 Å². The molecule has 0 unspecified atom stereocenters. The van der Waals surface area contributed by atoms with Crippen LogP contribution >= 0.6 is 27.5 Å². The molecule has 0 spiro atoms. The van der Waals surface area contributed by atoms with Crippen molar-refractivity contribution in [2.24, 2.45) is 5.84 Å². The topological polar surface area (TPSA) is 92.5 Å². The Balaban J connectivity index is 2.54. The molecule has 0 saturated heterocycles. The Morgan fingerprint density at radius 1 is 1.17 bits per heavy atom. The van der Waals surface area contributed by atoms with E-state index in [2.05, 4.69) is 15.9 Å². The Hall–Kier alpha value is -1.61. The molecular formula is C14H13BrClN3O3S. The first-order chi connectivity index (χ1) is 10.9. The van der Waals surface area contributed by atoms with E-state index in [0.29, 0.717) is 0 Å². The number of carbonyl (C=O) groups excluding carboxylic acids is 1. The summed E-state index contributed by atoms with van der Waals surface area (Å²) in [5, 5.41) is 0.206. The number of anilines is 1. The number of amides is 1. The molecule has 3 N–H and O–H groups in total. The molecule has 0 aliphatic rings. The van der Waals surface area contributed by atoms with Crippen LogP contribution in [0.25, 0.3) is 0 Å². The van der Waals surface area contributed by atoms with Gasteiger partial charge in [0.05, 0.1) is 15.6 Å². The fourth-order valence-corrected chi connectivity index (χ4v) is 3.86. The van der Waals surface area contributed by atoms with Gasteiger partial charge in [0.25, 0.3) is 15.9 Å². The van der Waals surface area contributed by atoms with E-state index in [4.69, 9.17) is 17.4 Å². The third-order valence-corrected chi connectivity index (χ3v) is 5.59. The minimum Gasteiger partial charge on any atom is -0.293 e. The summed E-state index contributed by atoms with van der Waals surface area (Å²) < 4.78 is 27.4. The zero-order valence-electron chi connectivity index (χ0n) is 11.7. The van der Waals surface area contributed by atoms with Crippen molar-refractivity contribution in [1.82, 2.24) is 5.43 Å². The van der Waals surface area contributed by atoms with Gasteiger partial charge in [0, 0.05) is 4.47 Å². The summed E-state index contributed by atoms with van der Waals surface area (Å²) in [7, 11) is -3.99. The predicted octanol–water partition coefficient (Wildman–Crippen LogP) is 2.29. The largest absolute Gasteiger partial charge is 0.293 e. The van der Waals surface area contributed by atoms with Gasteiger partial charge in [-0.05, 0) is 36.4 Å². The number of para-hydroxylation sites is 1. The molecule has 2 aromatic rings. The van der Waals surface area contributed by atoms with Crippen LogP contribution in [0.4, 0.5) is 5.69 Å². The highest BCUT2D eigenvalue weighted by atomic mass is 79.9. The first kappa shape index (κ1) is 17.7. The lowest BCUT2D eigenvalue weighted by molar-refractivity contribution is -0.119. The van der Waals surface area contributed by atoms with Crippen LogP contribution in [-0.2, 0) is 14.8 Å². The molecule has 23 heavy (non-hydrogen) atoms. The standard InChI is InChI=1S/C14H13BrClN3O3S/c15-10-5-7-11(8-6-10)23(21,22)19(9-14(20)18-17)13-4-2-1-3-12(13)16/h1-8H,9,17H2,(H,18,20). The van der Waals surface area contributed by atoms with Gasteiger partial charge in [0.15, 0.2) is 0 Å². The van der Waals surface area contributed by atoms with E-state index in [-0.39, 0.29) is 15.6 Å². The van der Waals surface area contributed by atoms with Gasteiger partial charge >= 0.3 is 0 Å². The van der Waals surface area contributed by atoms with Crippen LogP contribution in [0, 0.1) is 0 Å². The lowest BCUT2D eigenvalue weighted by Gasteiger charge is -2.24. The Bertz CT molecular complexity index is 812. The number of nitrogens with one attached hydrogen (secondary N) is 1. The van der Waals surface area contributed by atoms with E-state index in [1.165, 1.54) is 18.2 Å². The van der Waals surface area contributed by atoms with Crippen molar-refractivity contribution < 1.29 is 13.2 Å². The van der Waals surface area contributed by atoms with E-state index in [0.717, 1.165) is 8.78 Å². The molecule has 1 amide bonds. The number of hydrogen-bond donors (Lipinski definition) is 2. The normalized spacial score (nSPS) is 11.1. The molecule has 9 heteroatoms. The number of sulfonamides is 1. The summed E-state index contributed by atoms with van der Waals surface area (Å²) in [6, 6.07) is 12.4. The van der Waals surface area contributed by atoms with Crippen LogP contribution in [0.5, 0.6) is 0 Å². The van der Waals surface area contributed by atoms with Gasteiger partial charge in [-0.2, -0.15) is 0 Å². The highest BCUT2D eigenvalue weighted by Crippen LogP contribution is 2.30. The van der Waals surface area contributed by atoms with Crippen LogP contribution in [0.15, 0.2) is 57.9 Å². The number of hydrazine groups is 1. The van der Waals surface area contributed by atoms with E-state index in [9.17, 15) is 13.2 Å². The first-order valence-corrected chi connectivity index (χ1v) is 8.99. The summed E-state index contributed by atoms with van der Waals surface area (Å²) in [6.07, 6.45) is 0. The van der Waals surface area contributed by atoms with Crippen molar-refractivity contribution in [3.63, 3.8) is 0 Å². The molecule has 122 valence electrons. The Labute approximate surface area is 147 Å². The number of carbonyl (C=O) groups is 1. The van der Waals surface area contributed by atoms with Gasteiger partial charge in [-0.3, -0.25) is 14.5 Å². The fraction of sp³-hybridized carbons (Fsp3) is 0.0714. The van der Waals surface area contributed by atoms with Crippen molar-refractivity contribution in [3.8, 4) is 0 Å². The average molecular weight is 419 g/mol.